The van der Waals surface area contributed by atoms with Gasteiger partial charge >= 0.3 is 0 Å². The number of thiophene rings is 1. The zero-order valence-electron chi connectivity index (χ0n) is 6.85. The number of nitrogens with zero attached hydrogens (tertiary/aromatic N) is 1. The molecule has 0 atom stereocenters. The highest BCUT2D eigenvalue weighted by Crippen LogP contribution is 2.31. The molecule has 0 saturated carbocycles. The summed E-state index contributed by atoms with van der Waals surface area (Å²) in [5, 5.41) is 1.55. The number of rotatable bonds is 3. The molecule has 6 heteroatoms. The fourth-order valence-electron chi connectivity index (χ4n) is 0.767. The van der Waals surface area contributed by atoms with Gasteiger partial charge in [-0.05, 0) is 18.4 Å². The summed E-state index contributed by atoms with van der Waals surface area (Å²) in [6, 6.07) is 1.46. The van der Waals surface area contributed by atoms with Gasteiger partial charge in [0.2, 0.25) is 5.69 Å². The molecular weight excluding hydrogens is 210 g/mol. The minimum absolute atomic E-state index is 0.00986. The second-order valence-corrected chi connectivity index (χ2v) is 4.79. The summed E-state index contributed by atoms with van der Waals surface area (Å²) in [7, 11) is -3.70. The van der Waals surface area contributed by atoms with Gasteiger partial charge in [0.25, 0.3) is 10.1 Å². The van der Waals surface area contributed by atoms with Gasteiger partial charge < -0.3 is 0 Å². The molecule has 1 rings (SSSR count). The van der Waals surface area contributed by atoms with Crippen LogP contribution in [-0.2, 0) is 14.3 Å². The van der Waals surface area contributed by atoms with Gasteiger partial charge in [-0.3, -0.25) is 4.18 Å². The summed E-state index contributed by atoms with van der Waals surface area (Å²) in [6.45, 7) is 8.39. The summed E-state index contributed by atoms with van der Waals surface area (Å²) < 4.78 is 27.2. The second kappa shape index (κ2) is 3.87. The van der Waals surface area contributed by atoms with Crippen molar-refractivity contribution in [3.05, 3.63) is 22.9 Å². The van der Waals surface area contributed by atoms with E-state index in [-0.39, 0.29) is 16.5 Å². The Labute approximate surface area is 80.7 Å². The number of hydrogen-bond donors (Lipinski definition) is 0. The molecule has 0 radical (unpaired) electrons. The highest BCUT2D eigenvalue weighted by atomic mass is 32.3. The first kappa shape index (κ1) is 10.2. The van der Waals surface area contributed by atoms with Crippen molar-refractivity contribution < 1.29 is 12.6 Å². The predicted molar refractivity (Wildman–Crippen MR) is 49.4 cm³/mol. The van der Waals surface area contributed by atoms with E-state index >= 15 is 0 Å². The smallest absolute Gasteiger partial charge is 0.267 e. The van der Waals surface area contributed by atoms with Crippen molar-refractivity contribution in [1.29, 1.82) is 0 Å². The van der Waals surface area contributed by atoms with E-state index in [1.165, 1.54) is 6.07 Å². The van der Waals surface area contributed by atoms with Gasteiger partial charge in [0.1, 0.15) is 0 Å². The average Bonchev–Trinajstić information content (AvgIpc) is 2.51. The van der Waals surface area contributed by atoms with Crippen LogP contribution in [0.1, 0.15) is 6.92 Å². The summed E-state index contributed by atoms with van der Waals surface area (Å²) >= 11 is 0.994. The Balaban J connectivity index is 3.16. The van der Waals surface area contributed by atoms with E-state index < -0.39 is 10.1 Å². The van der Waals surface area contributed by atoms with Gasteiger partial charge in [0.15, 0.2) is 4.21 Å². The maximum Gasteiger partial charge on any atom is 0.296 e. The maximum atomic E-state index is 11.3. The van der Waals surface area contributed by atoms with E-state index in [4.69, 9.17) is 6.57 Å². The van der Waals surface area contributed by atoms with Gasteiger partial charge in [-0.1, -0.05) is 0 Å². The fourth-order valence-corrected chi connectivity index (χ4v) is 2.89. The molecule has 0 spiro atoms. The maximum absolute atomic E-state index is 11.3. The molecule has 0 unspecified atom stereocenters. The Morgan fingerprint density at radius 2 is 2.38 bits per heavy atom. The molecule has 0 aliphatic carbocycles. The molecule has 1 aromatic rings. The minimum Gasteiger partial charge on any atom is -0.267 e. The van der Waals surface area contributed by atoms with Crippen molar-refractivity contribution in [2.45, 2.75) is 11.1 Å². The SMILES string of the molecule is [C-]#[N+]c1ccsc1S(=O)(=O)OCC. The molecule has 0 amide bonds. The van der Waals surface area contributed by atoms with Crippen LogP contribution in [0.25, 0.3) is 4.85 Å². The molecule has 0 saturated heterocycles. The Kier molecular flexibility index (Phi) is 3.03. The highest BCUT2D eigenvalue weighted by molar-refractivity contribution is 7.89. The lowest BCUT2D eigenvalue weighted by Crippen LogP contribution is -2.03. The lowest BCUT2D eigenvalue weighted by molar-refractivity contribution is 0.339. The van der Waals surface area contributed by atoms with Crippen molar-refractivity contribution in [2.75, 3.05) is 6.61 Å². The summed E-state index contributed by atoms with van der Waals surface area (Å²) in [5.74, 6) is 0. The monoisotopic (exact) mass is 217 g/mol. The largest absolute Gasteiger partial charge is 0.296 e. The van der Waals surface area contributed by atoms with E-state index in [0.717, 1.165) is 11.3 Å². The zero-order chi connectivity index (χ0) is 9.90. The third-order valence-electron chi connectivity index (χ3n) is 1.23. The lowest BCUT2D eigenvalue weighted by Gasteiger charge is -1.99. The molecule has 0 bridgehead atoms. The van der Waals surface area contributed by atoms with Crippen molar-refractivity contribution in [1.82, 2.24) is 0 Å². The van der Waals surface area contributed by atoms with Crippen LogP contribution in [0.3, 0.4) is 0 Å². The fraction of sp³-hybridized carbons (Fsp3) is 0.286. The molecule has 0 aromatic carbocycles. The van der Waals surface area contributed by atoms with E-state index in [1.807, 2.05) is 0 Å². The van der Waals surface area contributed by atoms with Gasteiger partial charge in [0.05, 0.1) is 13.2 Å². The van der Waals surface area contributed by atoms with Gasteiger partial charge in [-0.25, -0.2) is 4.85 Å². The first-order valence-electron chi connectivity index (χ1n) is 3.46. The first-order valence-corrected chi connectivity index (χ1v) is 5.75. The summed E-state index contributed by atoms with van der Waals surface area (Å²) in [4.78, 5) is 3.08. The first-order chi connectivity index (χ1) is 6.11. The normalized spacial score (nSPS) is 11.1. The molecule has 70 valence electrons. The Morgan fingerprint density at radius 1 is 1.69 bits per heavy atom. The Hall–Kier alpha value is -0.900. The molecule has 0 aliphatic rings. The highest BCUT2D eigenvalue weighted by Gasteiger charge is 2.20. The van der Waals surface area contributed by atoms with Crippen molar-refractivity contribution >= 4 is 27.1 Å². The van der Waals surface area contributed by atoms with Crippen molar-refractivity contribution in [3.63, 3.8) is 0 Å². The van der Waals surface area contributed by atoms with Crippen LogP contribution in [0.2, 0.25) is 0 Å². The van der Waals surface area contributed by atoms with Crippen LogP contribution in [-0.4, -0.2) is 15.0 Å². The molecule has 0 N–H and O–H groups in total. The molecule has 4 nitrogen and oxygen atoms in total. The quantitative estimate of drug-likeness (QED) is 0.575. The van der Waals surface area contributed by atoms with Crippen LogP contribution >= 0.6 is 11.3 Å². The molecule has 0 aliphatic heterocycles. The summed E-state index contributed by atoms with van der Waals surface area (Å²) in [5.41, 5.74) is 0.124. The minimum atomic E-state index is -3.70. The average molecular weight is 217 g/mol. The van der Waals surface area contributed by atoms with E-state index in [9.17, 15) is 8.42 Å². The third-order valence-corrected chi connectivity index (χ3v) is 4.04. The molecule has 1 aromatic heterocycles. The molecule has 1 heterocycles. The van der Waals surface area contributed by atoms with Crippen LogP contribution in [0.15, 0.2) is 15.7 Å². The van der Waals surface area contributed by atoms with Gasteiger partial charge in [0, 0.05) is 0 Å². The standard InChI is InChI=1S/C7H7NO3S2/c1-3-11-13(9,10)7-6(8-2)4-5-12-7/h4-5H,3H2,1H3. The topological polar surface area (TPSA) is 47.7 Å². The zero-order valence-corrected chi connectivity index (χ0v) is 8.48. The predicted octanol–water partition coefficient (Wildman–Crippen LogP) is 2.02. The van der Waals surface area contributed by atoms with E-state index in [1.54, 1.807) is 12.3 Å². The molecular formula is C7H7NO3S2. The van der Waals surface area contributed by atoms with Crippen molar-refractivity contribution in [2.24, 2.45) is 0 Å². The Bertz CT molecular complexity index is 427. The van der Waals surface area contributed by atoms with Gasteiger partial charge in [-0.15, -0.1) is 11.3 Å². The van der Waals surface area contributed by atoms with E-state index in [2.05, 4.69) is 9.03 Å². The second-order valence-electron chi connectivity index (χ2n) is 2.07. The van der Waals surface area contributed by atoms with Crippen LogP contribution in [0, 0.1) is 6.57 Å². The van der Waals surface area contributed by atoms with Gasteiger partial charge in [-0.2, -0.15) is 8.42 Å². The lowest BCUT2D eigenvalue weighted by atomic mass is 10.6. The summed E-state index contributed by atoms with van der Waals surface area (Å²) in [6.07, 6.45) is 0. The van der Waals surface area contributed by atoms with Crippen LogP contribution in [0.4, 0.5) is 5.69 Å². The van der Waals surface area contributed by atoms with Crippen LogP contribution < -0.4 is 0 Å². The van der Waals surface area contributed by atoms with E-state index in [0.29, 0.717) is 0 Å². The number of hydrogen-bond acceptors (Lipinski definition) is 4. The molecule has 13 heavy (non-hydrogen) atoms. The molecule has 0 fully saturated rings. The third kappa shape index (κ3) is 2.06. The Morgan fingerprint density at radius 3 is 2.92 bits per heavy atom. The van der Waals surface area contributed by atoms with Crippen LogP contribution in [0.5, 0.6) is 0 Å². The van der Waals surface area contributed by atoms with Crippen molar-refractivity contribution in [3.8, 4) is 0 Å².